The molecule has 0 saturated heterocycles. The van der Waals surface area contributed by atoms with Gasteiger partial charge in [-0.2, -0.15) is 0 Å². The molecule has 1 aromatic heterocycles. The lowest BCUT2D eigenvalue weighted by molar-refractivity contribution is 0.0513. The predicted octanol–water partition coefficient (Wildman–Crippen LogP) is 1.50. The highest BCUT2D eigenvalue weighted by Gasteiger charge is 2.12. The summed E-state index contributed by atoms with van der Waals surface area (Å²) in [5, 5.41) is 0. The maximum absolute atomic E-state index is 11.1. The van der Waals surface area contributed by atoms with Crippen LogP contribution in [0, 0.1) is 10.6 Å². The zero-order valence-electron chi connectivity index (χ0n) is 6.85. The summed E-state index contributed by atoms with van der Waals surface area (Å²) >= 11 is 2.06. The van der Waals surface area contributed by atoms with E-state index < -0.39 is 5.97 Å². The molecule has 0 saturated carbocycles. The van der Waals surface area contributed by atoms with Gasteiger partial charge in [-0.3, -0.25) is 0 Å². The van der Waals surface area contributed by atoms with Crippen molar-refractivity contribution in [3.63, 3.8) is 0 Å². The summed E-state index contributed by atoms with van der Waals surface area (Å²) in [5.74, 6) is -0.123. The smallest absolute Gasteiger partial charge is 0.374 e. The number of rotatable bonds is 2. The minimum Gasteiger partial charge on any atom is -0.460 e. The van der Waals surface area contributed by atoms with E-state index >= 15 is 0 Å². The topological polar surface area (TPSA) is 55.0 Å². The molecule has 1 rings (SSSR count). The molecule has 0 atom stereocenters. The molecule has 12 heavy (non-hydrogen) atoms. The Morgan fingerprint density at radius 3 is 2.83 bits per heavy atom. The molecule has 0 aromatic carbocycles. The van der Waals surface area contributed by atoms with Crippen LogP contribution in [0.2, 0.25) is 0 Å². The van der Waals surface area contributed by atoms with Crippen LogP contribution in [0.5, 0.6) is 0 Å². The fraction of sp³-hybridized carbons (Fsp3) is 0.429. The first-order chi connectivity index (χ1) is 5.65. The number of hydrogen-bond acceptors (Lipinski definition) is 3. The van der Waals surface area contributed by atoms with Crippen molar-refractivity contribution in [1.82, 2.24) is 9.97 Å². The second-order valence-electron chi connectivity index (χ2n) is 2.22. The van der Waals surface area contributed by atoms with Gasteiger partial charge in [0.1, 0.15) is 3.70 Å². The second-order valence-corrected chi connectivity index (χ2v) is 3.24. The molecule has 5 heteroatoms. The Balaban J connectivity index is 2.82. The van der Waals surface area contributed by atoms with Crippen LogP contribution in [-0.2, 0) is 4.74 Å². The van der Waals surface area contributed by atoms with Gasteiger partial charge in [-0.1, -0.05) is 0 Å². The largest absolute Gasteiger partial charge is 0.460 e. The van der Waals surface area contributed by atoms with Gasteiger partial charge in [0.2, 0.25) is 5.82 Å². The summed E-state index contributed by atoms with van der Waals surface area (Å²) in [6.07, 6.45) is 0. The molecule has 0 fully saturated rings. The Morgan fingerprint density at radius 2 is 2.42 bits per heavy atom. The van der Waals surface area contributed by atoms with Crippen LogP contribution in [0.3, 0.4) is 0 Å². The highest BCUT2D eigenvalue weighted by molar-refractivity contribution is 14.1. The molecule has 0 bridgehead atoms. The molecular formula is C7H9IN2O2. The quantitative estimate of drug-likeness (QED) is 0.659. The van der Waals surface area contributed by atoms with Gasteiger partial charge in [0, 0.05) is 5.69 Å². The molecule has 0 radical (unpaired) electrons. The maximum Gasteiger partial charge on any atom is 0.374 e. The molecule has 0 spiro atoms. The van der Waals surface area contributed by atoms with Gasteiger partial charge in [0.15, 0.2) is 0 Å². The first-order valence-electron chi connectivity index (χ1n) is 3.54. The van der Waals surface area contributed by atoms with Gasteiger partial charge in [0.05, 0.1) is 6.61 Å². The van der Waals surface area contributed by atoms with Crippen molar-refractivity contribution in [3.05, 3.63) is 15.2 Å². The van der Waals surface area contributed by atoms with Gasteiger partial charge in [0.25, 0.3) is 0 Å². The highest BCUT2D eigenvalue weighted by Crippen LogP contribution is 2.08. The number of carbonyl (C=O) groups excluding carboxylic acids is 1. The van der Waals surface area contributed by atoms with Crippen molar-refractivity contribution >= 4 is 28.6 Å². The molecule has 0 aliphatic rings. The molecule has 1 N–H and O–H groups in total. The van der Waals surface area contributed by atoms with Crippen molar-refractivity contribution < 1.29 is 9.53 Å². The lowest BCUT2D eigenvalue weighted by atomic mass is 10.6. The molecule has 1 heterocycles. The number of nitrogens with zero attached hydrogens (tertiary/aromatic N) is 1. The first-order valence-corrected chi connectivity index (χ1v) is 4.62. The van der Waals surface area contributed by atoms with Gasteiger partial charge in [-0.05, 0) is 36.4 Å². The number of H-pyrrole nitrogens is 1. The third kappa shape index (κ3) is 1.96. The minimum absolute atomic E-state index is 0.277. The highest BCUT2D eigenvalue weighted by atomic mass is 127. The predicted molar refractivity (Wildman–Crippen MR) is 52.0 cm³/mol. The summed E-state index contributed by atoms with van der Waals surface area (Å²) in [5.41, 5.74) is 0.888. The number of aromatic amines is 1. The molecule has 0 amide bonds. The van der Waals surface area contributed by atoms with Gasteiger partial charge in [-0.15, -0.1) is 0 Å². The lowest BCUT2D eigenvalue weighted by Gasteiger charge is -1.95. The number of nitrogens with one attached hydrogen (secondary N) is 1. The number of ether oxygens (including phenoxy) is 1. The Kier molecular flexibility index (Phi) is 3.07. The summed E-state index contributed by atoms with van der Waals surface area (Å²) in [6, 6.07) is 0. The van der Waals surface area contributed by atoms with E-state index in [1.165, 1.54) is 0 Å². The minimum atomic E-state index is -0.400. The fourth-order valence-electron chi connectivity index (χ4n) is 0.735. The summed E-state index contributed by atoms with van der Waals surface area (Å²) in [6.45, 7) is 3.99. The number of hydrogen-bond donors (Lipinski definition) is 1. The van der Waals surface area contributed by atoms with Crippen LogP contribution in [0.1, 0.15) is 23.2 Å². The normalized spacial score (nSPS) is 9.92. The second kappa shape index (κ2) is 3.88. The van der Waals surface area contributed by atoms with Crippen LogP contribution in [0.25, 0.3) is 0 Å². The Labute approximate surface area is 83.9 Å². The van der Waals surface area contributed by atoms with Crippen molar-refractivity contribution in [2.45, 2.75) is 13.8 Å². The van der Waals surface area contributed by atoms with Crippen LogP contribution >= 0.6 is 22.6 Å². The average molecular weight is 280 g/mol. The van der Waals surface area contributed by atoms with Crippen molar-refractivity contribution in [2.24, 2.45) is 0 Å². The van der Waals surface area contributed by atoms with Crippen LogP contribution in [0.15, 0.2) is 0 Å². The summed E-state index contributed by atoms with van der Waals surface area (Å²) < 4.78 is 5.56. The number of carbonyl (C=O) groups is 1. The number of halogens is 1. The monoisotopic (exact) mass is 280 g/mol. The van der Waals surface area contributed by atoms with Crippen LogP contribution in [-0.4, -0.2) is 22.5 Å². The van der Waals surface area contributed by atoms with Crippen molar-refractivity contribution in [3.8, 4) is 0 Å². The summed E-state index contributed by atoms with van der Waals surface area (Å²) in [7, 11) is 0. The number of aromatic nitrogens is 2. The van der Waals surface area contributed by atoms with E-state index in [2.05, 4.69) is 32.6 Å². The zero-order chi connectivity index (χ0) is 9.14. The molecule has 1 aromatic rings. The van der Waals surface area contributed by atoms with E-state index in [1.807, 2.05) is 6.92 Å². The van der Waals surface area contributed by atoms with E-state index in [-0.39, 0.29) is 5.82 Å². The summed E-state index contributed by atoms with van der Waals surface area (Å²) in [4.78, 5) is 17.9. The molecule has 0 aliphatic heterocycles. The van der Waals surface area contributed by atoms with E-state index in [0.717, 1.165) is 9.39 Å². The Bertz CT molecular complexity index is 276. The molecule has 66 valence electrons. The van der Waals surface area contributed by atoms with Gasteiger partial charge in [-0.25, -0.2) is 9.78 Å². The molecule has 4 nitrogen and oxygen atoms in total. The van der Waals surface area contributed by atoms with E-state index in [1.54, 1.807) is 6.92 Å². The van der Waals surface area contributed by atoms with E-state index in [0.29, 0.717) is 6.61 Å². The van der Waals surface area contributed by atoms with Gasteiger partial charge < -0.3 is 9.72 Å². The number of aryl methyl sites for hydroxylation is 1. The van der Waals surface area contributed by atoms with Crippen molar-refractivity contribution in [1.29, 1.82) is 0 Å². The maximum atomic E-state index is 11.1. The molecule has 0 aliphatic carbocycles. The molecular weight excluding hydrogens is 271 g/mol. The average Bonchev–Trinajstić information content (AvgIpc) is 2.33. The number of imidazole rings is 1. The Hall–Kier alpha value is -0.590. The standard InChI is InChI=1S/C7H9IN2O2/c1-3-12-7(11)6-9-4(2)5(8)10-6/h3H2,1-2H3,(H,9,10). The lowest BCUT2D eigenvalue weighted by Crippen LogP contribution is -2.06. The zero-order valence-corrected chi connectivity index (χ0v) is 9.01. The molecule has 0 unspecified atom stereocenters. The van der Waals surface area contributed by atoms with Crippen LogP contribution in [0.4, 0.5) is 0 Å². The first kappa shape index (κ1) is 9.50. The number of esters is 1. The Morgan fingerprint density at radius 1 is 1.75 bits per heavy atom. The third-order valence-corrected chi connectivity index (χ3v) is 2.34. The SMILES string of the molecule is CCOC(=O)c1nc(I)c(C)[nH]1. The fourth-order valence-corrected chi connectivity index (χ4v) is 1.11. The van der Waals surface area contributed by atoms with Crippen molar-refractivity contribution in [2.75, 3.05) is 6.61 Å². The van der Waals surface area contributed by atoms with Crippen LogP contribution < -0.4 is 0 Å². The third-order valence-electron chi connectivity index (χ3n) is 1.29. The van der Waals surface area contributed by atoms with E-state index in [4.69, 9.17) is 4.74 Å². The van der Waals surface area contributed by atoms with Gasteiger partial charge >= 0.3 is 5.97 Å². The van der Waals surface area contributed by atoms with E-state index in [9.17, 15) is 4.79 Å².